The molecule has 0 saturated carbocycles. The Labute approximate surface area is 165 Å². The zero-order chi connectivity index (χ0) is 20.2. The summed E-state index contributed by atoms with van der Waals surface area (Å²) in [6.45, 7) is 0. The van der Waals surface area contributed by atoms with E-state index in [1.54, 1.807) is 18.3 Å². The van der Waals surface area contributed by atoms with Gasteiger partial charge in [0.05, 0.1) is 11.2 Å². The summed E-state index contributed by atoms with van der Waals surface area (Å²) in [5.41, 5.74) is 1.82. The first kappa shape index (κ1) is 18.2. The molecule has 0 radical (unpaired) electrons. The Morgan fingerprint density at radius 1 is 0.793 bits per heavy atom. The van der Waals surface area contributed by atoms with E-state index in [0.29, 0.717) is 16.9 Å². The van der Waals surface area contributed by atoms with Gasteiger partial charge in [0.1, 0.15) is 11.5 Å². The van der Waals surface area contributed by atoms with E-state index in [2.05, 4.69) is 20.6 Å². The summed E-state index contributed by atoms with van der Waals surface area (Å²) in [6, 6.07) is 17.6. The molecule has 0 atom stereocenters. The van der Waals surface area contributed by atoms with Crippen LogP contribution in [0.4, 0.5) is 15.8 Å². The molecule has 0 saturated heterocycles. The summed E-state index contributed by atoms with van der Waals surface area (Å²) >= 11 is 0. The van der Waals surface area contributed by atoms with Crippen LogP contribution in [0.25, 0.3) is 10.9 Å². The van der Waals surface area contributed by atoms with Crippen LogP contribution in [-0.4, -0.2) is 21.8 Å². The molecule has 7 heteroatoms. The molecule has 6 nitrogen and oxygen atoms in total. The van der Waals surface area contributed by atoms with E-state index in [9.17, 15) is 14.0 Å². The number of para-hydroxylation sites is 1. The van der Waals surface area contributed by atoms with E-state index >= 15 is 0 Å². The highest BCUT2D eigenvalue weighted by atomic mass is 19.1. The monoisotopic (exact) mass is 386 g/mol. The molecule has 0 spiro atoms. The van der Waals surface area contributed by atoms with Gasteiger partial charge in [0.15, 0.2) is 0 Å². The molecule has 2 N–H and O–H groups in total. The highest BCUT2D eigenvalue weighted by molar-refractivity contribution is 6.09. The van der Waals surface area contributed by atoms with Gasteiger partial charge >= 0.3 is 0 Å². The zero-order valence-corrected chi connectivity index (χ0v) is 15.1. The largest absolute Gasteiger partial charge is 0.322 e. The molecule has 2 aromatic carbocycles. The number of aromatic nitrogens is 2. The number of amides is 2. The van der Waals surface area contributed by atoms with Gasteiger partial charge in [0, 0.05) is 29.0 Å². The van der Waals surface area contributed by atoms with E-state index in [-0.39, 0.29) is 11.3 Å². The molecule has 0 unspecified atom stereocenters. The molecule has 2 aromatic heterocycles. The van der Waals surface area contributed by atoms with Gasteiger partial charge in [-0.05, 0) is 42.5 Å². The smallest absolute Gasteiger partial charge is 0.274 e. The first-order chi connectivity index (χ1) is 14.1. The Kier molecular flexibility index (Phi) is 4.94. The number of rotatable bonds is 4. The Hall–Kier alpha value is -4.13. The average molecular weight is 386 g/mol. The lowest BCUT2D eigenvalue weighted by Gasteiger charge is -2.09. The van der Waals surface area contributed by atoms with Crippen molar-refractivity contribution in [2.24, 2.45) is 0 Å². The maximum absolute atomic E-state index is 13.3. The van der Waals surface area contributed by atoms with Gasteiger partial charge in [-0.1, -0.05) is 24.3 Å². The first-order valence-corrected chi connectivity index (χ1v) is 8.78. The fourth-order valence-corrected chi connectivity index (χ4v) is 2.86. The lowest BCUT2D eigenvalue weighted by atomic mass is 10.1. The highest BCUT2D eigenvalue weighted by Gasteiger charge is 2.14. The van der Waals surface area contributed by atoms with E-state index in [1.165, 1.54) is 36.5 Å². The SMILES string of the molecule is O=C(Nc1cccc(F)c1)c1ccnc(C(=O)Nc2cccc3cccnc23)c1. The van der Waals surface area contributed by atoms with Crippen LogP contribution >= 0.6 is 0 Å². The van der Waals surface area contributed by atoms with Crippen molar-refractivity contribution in [3.63, 3.8) is 0 Å². The van der Waals surface area contributed by atoms with Crippen molar-refractivity contribution >= 4 is 34.1 Å². The molecule has 2 heterocycles. The third kappa shape index (κ3) is 4.08. The molecular formula is C22H15FN4O2. The highest BCUT2D eigenvalue weighted by Crippen LogP contribution is 2.21. The van der Waals surface area contributed by atoms with Crippen molar-refractivity contribution in [2.75, 3.05) is 10.6 Å². The quantitative estimate of drug-likeness (QED) is 0.549. The number of pyridine rings is 2. The Balaban J connectivity index is 1.55. The number of fused-ring (bicyclic) bond motifs is 1. The van der Waals surface area contributed by atoms with Crippen LogP contribution < -0.4 is 10.6 Å². The maximum Gasteiger partial charge on any atom is 0.274 e. The van der Waals surface area contributed by atoms with Gasteiger partial charge in [-0.15, -0.1) is 0 Å². The summed E-state index contributed by atoms with van der Waals surface area (Å²) in [4.78, 5) is 33.4. The van der Waals surface area contributed by atoms with Crippen molar-refractivity contribution in [1.82, 2.24) is 9.97 Å². The first-order valence-electron chi connectivity index (χ1n) is 8.78. The maximum atomic E-state index is 13.3. The molecule has 0 aliphatic heterocycles. The van der Waals surface area contributed by atoms with Crippen LogP contribution in [0.3, 0.4) is 0 Å². The molecule has 0 aliphatic carbocycles. The molecule has 0 aliphatic rings. The van der Waals surface area contributed by atoms with Crippen LogP contribution in [-0.2, 0) is 0 Å². The van der Waals surface area contributed by atoms with Crippen molar-refractivity contribution in [1.29, 1.82) is 0 Å². The van der Waals surface area contributed by atoms with Gasteiger partial charge in [-0.25, -0.2) is 4.39 Å². The van der Waals surface area contributed by atoms with Crippen molar-refractivity contribution < 1.29 is 14.0 Å². The van der Waals surface area contributed by atoms with Crippen LogP contribution in [0.15, 0.2) is 79.1 Å². The Morgan fingerprint density at radius 3 is 2.48 bits per heavy atom. The molecule has 142 valence electrons. The lowest BCUT2D eigenvalue weighted by molar-refractivity contribution is 0.102. The predicted molar refractivity (Wildman–Crippen MR) is 108 cm³/mol. The van der Waals surface area contributed by atoms with Gasteiger partial charge in [0.2, 0.25) is 0 Å². The molecule has 0 fully saturated rings. The fourth-order valence-electron chi connectivity index (χ4n) is 2.86. The molecule has 0 bridgehead atoms. The molecule has 2 amide bonds. The van der Waals surface area contributed by atoms with Crippen LogP contribution in [0, 0.1) is 5.82 Å². The van der Waals surface area contributed by atoms with E-state index in [1.807, 2.05) is 24.3 Å². The average Bonchev–Trinajstić information content (AvgIpc) is 2.74. The number of nitrogens with one attached hydrogen (secondary N) is 2. The topological polar surface area (TPSA) is 84.0 Å². The van der Waals surface area contributed by atoms with E-state index in [4.69, 9.17) is 0 Å². The van der Waals surface area contributed by atoms with Gasteiger partial charge in [-0.2, -0.15) is 0 Å². The van der Waals surface area contributed by atoms with Crippen molar-refractivity contribution in [2.45, 2.75) is 0 Å². The number of hydrogen-bond donors (Lipinski definition) is 2. The predicted octanol–water partition coefficient (Wildman–Crippen LogP) is 4.27. The molecular weight excluding hydrogens is 371 g/mol. The van der Waals surface area contributed by atoms with Gasteiger partial charge in [0.25, 0.3) is 11.8 Å². The minimum atomic E-state index is -0.473. The molecule has 4 aromatic rings. The number of carbonyl (C=O) groups is 2. The number of nitrogens with zero attached hydrogens (tertiary/aromatic N) is 2. The van der Waals surface area contributed by atoms with E-state index in [0.717, 1.165) is 5.39 Å². The zero-order valence-electron chi connectivity index (χ0n) is 15.1. The second-order valence-corrected chi connectivity index (χ2v) is 6.23. The summed E-state index contributed by atoms with van der Waals surface area (Å²) in [5.74, 6) is -1.40. The minimum absolute atomic E-state index is 0.0739. The Bertz CT molecular complexity index is 1220. The second kappa shape index (κ2) is 7.85. The summed E-state index contributed by atoms with van der Waals surface area (Å²) in [6.07, 6.45) is 3.02. The number of anilines is 2. The van der Waals surface area contributed by atoms with E-state index < -0.39 is 17.6 Å². The summed E-state index contributed by atoms with van der Waals surface area (Å²) in [5, 5.41) is 6.26. The standard InChI is InChI=1S/C22H15FN4O2/c23-16-6-2-7-17(13-16)26-21(28)15-9-11-24-19(12-15)22(29)27-18-8-1-4-14-5-3-10-25-20(14)18/h1-13H,(H,26,28)(H,27,29). The van der Waals surface area contributed by atoms with Gasteiger partial charge < -0.3 is 10.6 Å². The minimum Gasteiger partial charge on any atom is -0.322 e. The van der Waals surface area contributed by atoms with Crippen molar-refractivity contribution in [3.05, 3.63) is 96.2 Å². The molecule has 4 rings (SSSR count). The number of carbonyl (C=O) groups excluding carboxylic acids is 2. The van der Waals surface area contributed by atoms with Gasteiger partial charge in [-0.3, -0.25) is 19.6 Å². The van der Waals surface area contributed by atoms with Crippen LogP contribution in [0.1, 0.15) is 20.8 Å². The fraction of sp³-hybridized carbons (Fsp3) is 0. The second-order valence-electron chi connectivity index (χ2n) is 6.23. The summed E-state index contributed by atoms with van der Waals surface area (Å²) in [7, 11) is 0. The number of benzene rings is 2. The lowest BCUT2D eigenvalue weighted by Crippen LogP contribution is -2.17. The van der Waals surface area contributed by atoms with Crippen molar-refractivity contribution in [3.8, 4) is 0 Å². The molecule has 29 heavy (non-hydrogen) atoms. The normalized spacial score (nSPS) is 10.5. The Morgan fingerprint density at radius 2 is 1.62 bits per heavy atom. The van der Waals surface area contributed by atoms with Crippen LogP contribution in [0.2, 0.25) is 0 Å². The third-order valence-corrected chi connectivity index (χ3v) is 4.22. The number of hydrogen-bond acceptors (Lipinski definition) is 4. The number of halogens is 1. The third-order valence-electron chi connectivity index (χ3n) is 4.22. The van der Waals surface area contributed by atoms with Crippen LogP contribution in [0.5, 0.6) is 0 Å². The summed E-state index contributed by atoms with van der Waals surface area (Å²) < 4.78 is 13.3.